The summed E-state index contributed by atoms with van der Waals surface area (Å²) >= 11 is 0. The smallest absolute Gasteiger partial charge is 0.267 e. The topological polar surface area (TPSA) is 83.9 Å². The van der Waals surface area contributed by atoms with Crippen molar-refractivity contribution in [3.05, 3.63) is 70.1 Å². The second kappa shape index (κ2) is 6.25. The van der Waals surface area contributed by atoms with Gasteiger partial charge in [0.1, 0.15) is 0 Å². The fourth-order valence-corrected chi connectivity index (χ4v) is 3.41. The van der Waals surface area contributed by atoms with Crippen LogP contribution in [0.15, 0.2) is 58.7 Å². The summed E-state index contributed by atoms with van der Waals surface area (Å²) in [6, 6.07) is 13.7. The molecule has 0 unspecified atom stereocenters. The van der Waals surface area contributed by atoms with Crippen LogP contribution in [-0.4, -0.2) is 32.1 Å². The summed E-state index contributed by atoms with van der Waals surface area (Å²) in [6.07, 6.45) is 1.14. The molecule has 1 heterocycles. The zero-order valence-corrected chi connectivity index (χ0v) is 14.6. The molecule has 2 aromatic carbocycles. The van der Waals surface area contributed by atoms with Crippen molar-refractivity contribution in [2.24, 2.45) is 5.29 Å². The molecule has 128 valence electrons. The Balaban J connectivity index is 2.13. The highest BCUT2D eigenvalue weighted by atomic mass is 32.2. The first-order chi connectivity index (χ1) is 11.8. The monoisotopic (exact) mass is 356 g/mol. The van der Waals surface area contributed by atoms with Gasteiger partial charge in [-0.3, -0.25) is 4.79 Å². The zero-order valence-electron chi connectivity index (χ0n) is 13.8. The Kier molecular flexibility index (Phi) is 4.26. The molecule has 0 bridgehead atoms. The van der Waals surface area contributed by atoms with E-state index in [1.807, 2.05) is 31.2 Å². The normalized spacial score (nSPS) is 15.0. The number of benzene rings is 2. The molecule has 1 aliphatic rings. The Labute approximate surface area is 145 Å². The number of carbonyl (C=O) groups excluding carboxylic acids is 1. The van der Waals surface area contributed by atoms with Crippen molar-refractivity contribution in [3.8, 4) is 0 Å². The number of aryl methyl sites for hydroxylation is 1. The van der Waals surface area contributed by atoms with Crippen LogP contribution in [0.5, 0.6) is 0 Å². The van der Waals surface area contributed by atoms with Gasteiger partial charge in [-0.2, -0.15) is 5.01 Å². The molecule has 25 heavy (non-hydrogen) atoms. The Morgan fingerprint density at radius 1 is 0.960 bits per heavy atom. The highest BCUT2D eigenvalue weighted by molar-refractivity contribution is 7.90. The van der Waals surface area contributed by atoms with E-state index < -0.39 is 15.7 Å². The van der Waals surface area contributed by atoms with Gasteiger partial charge < -0.3 is 0 Å². The highest BCUT2D eigenvalue weighted by Crippen LogP contribution is 2.35. The lowest BCUT2D eigenvalue weighted by Gasteiger charge is -2.07. The minimum Gasteiger partial charge on any atom is -0.267 e. The quantitative estimate of drug-likeness (QED) is 0.789. The first kappa shape index (κ1) is 17.0. The molecule has 7 heteroatoms. The van der Waals surface area contributed by atoms with E-state index in [0.717, 1.165) is 16.8 Å². The molecule has 0 N–H and O–H groups in total. The molecular formula is C18H16N2O4S. The molecule has 1 amide bonds. The van der Waals surface area contributed by atoms with E-state index >= 15 is 0 Å². The van der Waals surface area contributed by atoms with Crippen molar-refractivity contribution < 1.29 is 13.2 Å². The predicted octanol–water partition coefficient (Wildman–Crippen LogP) is 2.83. The van der Waals surface area contributed by atoms with E-state index in [4.69, 9.17) is 0 Å². The summed E-state index contributed by atoms with van der Waals surface area (Å²) in [5.41, 5.74) is 3.49. The molecule has 3 rings (SSSR count). The second-order valence-corrected chi connectivity index (χ2v) is 7.98. The van der Waals surface area contributed by atoms with Crippen molar-refractivity contribution in [1.82, 2.24) is 5.01 Å². The lowest BCUT2D eigenvalue weighted by molar-refractivity contribution is -0.123. The standard InChI is InChI=1S/C18H16N2O4S/c1-12-3-5-14(6-4-12)17-16(11-20(19-22)18(17)21)13-7-9-15(10-8-13)25(2,23)24/h3-10H,11H2,1-2H3. The minimum atomic E-state index is -3.30. The van der Waals surface area contributed by atoms with Crippen LogP contribution in [0.4, 0.5) is 0 Å². The SMILES string of the molecule is Cc1ccc(C2=C(c3ccc(S(C)(=O)=O)cc3)CN(N=O)C2=O)cc1. The highest BCUT2D eigenvalue weighted by Gasteiger charge is 2.33. The van der Waals surface area contributed by atoms with Crippen LogP contribution in [-0.2, 0) is 14.6 Å². The fraction of sp³-hybridized carbons (Fsp3) is 0.167. The summed E-state index contributed by atoms with van der Waals surface area (Å²) in [4.78, 5) is 23.7. The molecule has 0 fully saturated rings. The third-order valence-electron chi connectivity index (χ3n) is 4.13. The third-order valence-corrected chi connectivity index (χ3v) is 5.26. The first-order valence-corrected chi connectivity index (χ1v) is 9.46. The number of sulfone groups is 1. The summed E-state index contributed by atoms with van der Waals surface area (Å²) in [5, 5.41) is 3.66. The maximum absolute atomic E-state index is 12.5. The van der Waals surface area contributed by atoms with Crippen molar-refractivity contribution in [1.29, 1.82) is 0 Å². The lowest BCUT2D eigenvalue weighted by atomic mass is 9.96. The zero-order chi connectivity index (χ0) is 18.2. The Morgan fingerprint density at radius 2 is 1.52 bits per heavy atom. The number of nitrogens with zero attached hydrogens (tertiary/aromatic N) is 2. The number of amides is 1. The van der Waals surface area contributed by atoms with Crippen molar-refractivity contribution >= 4 is 26.9 Å². The molecule has 0 spiro atoms. The number of hydrogen-bond acceptors (Lipinski definition) is 5. The van der Waals surface area contributed by atoms with Crippen LogP contribution in [0.1, 0.15) is 16.7 Å². The predicted molar refractivity (Wildman–Crippen MR) is 95.1 cm³/mol. The van der Waals surface area contributed by atoms with Gasteiger partial charge in [0.2, 0.25) is 0 Å². The minimum absolute atomic E-state index is 0.0593. The van der Waals surface area contributed by atoms with E-state index in [1.54, 1.807) is 12.1 Å². The molecule has 0 aliphatic carbocycles. The Morgan fingerprint density at radius 3 is 2.04 bits per heavy atom. The van der Waals surface area contributed by atoms with Gasteiger partial charge in [-0.25, -0.2) is 8.42 Å². The molecule has 6 nitrogen and oxygen atoms in total. The van der Waals surface area contributed by atoms with Gasteiger partial charge in [-0.15, -0.1) is 4.91 Å². The van der Waals surface area contributed by atoms with E-state index in [9.17, 15) is 18.1 Å². The molecule has 0 saturated carbocycles. The molecular weight excluding hydrogens is 340 g/mol. The second-order valence-electron chi connectivity index (χ2n) is 5.96. The van der Waals surface area contributed by atoms with Gasteiger partial charge in [0.15, 0.2) is 9.84 Å². The van der Waals surface area contributed by atoms with Gasteiger partial charge >= 0.3 is 0 Å². The van der Waals surface area contributed by atoms with Gasteiger partial charge in [0.25, 0.3) is 5.91 Å². The Bertz CT molecular complexity index is 975. The molecule has 0 atom stereocenters. The van der Waals surface area contributed by atoms with Crippen molar-refractivity contribution in [3.63, 3.8) is 0 Å². The van der Waals surface area contributed by atoms with Crippen molar-refractivity contribution in [2.45, 2.75) is 11.8 Å². The van der Waals surface area contributed by atoms with Gasteiger partial charge in [-0.05, 0) is 35.8 Å². The summed E-state index contributed by atoms with van der Waals surface area (Å²) in [6.45, 7) is 2.00. The average Bonchev–Trinajstić information content (AvgIpc) is 2.91. The third kappa shape index (κ3) is 3.23. The number of carbonyl (C=O) groups is 1. The fourth-order valence-electron chi connectivity index (χ4n) is 2.78. The van der Waals surface area contributed by atoms with Crippen LogP contribution in [0.25, 0.3) is 11.1 Å². The van der Waals surface area contributed by atoms with Crippen LogP contribution >= 0.6 is 0 Å². The number of rotatable bonds is 4. The van der Waals surface area contributed by atoms with Gasteiger partial charge in [-0.1, -0.05) is 42.0 Å². The number of hydrogen-bond donors (Lipinski definition) is 0. The van der Waals surface area contributed by atoms with E-state index in [0.29, 0.717) is 22.3 Å². The summed E-state index contributed by atoms with van der Waals surface area (Å²) in [7, 11) is -3.30. The molecule has 0 radical (unpaired) electrons. The van der Waals surface area contributed by atoms with Crippen LogP contribution in [0, 0.1) is 11.8 Å². The van der Waals surface area contributed by atoms with Gasteiger partial charge in [0.05, 0.1) is 22.3 Å². The van der Waals surface area contributed by atoms with Crippen LogP contribution < -0.4 is 0 Å². The molecule has 2 aromatic rings. The van der Waals surface area contributed by atoms with E-state index in [-0.39, 0.29) is 11.4 Å². The molecule has 0 aromatic heterocycles. The summed E-state index contributed by atoms with van der Waals surface area (Å²) < 4.78 is 23.2. The average molecular weight is 356 g/mol. The van der Waals surface area contributed by atoms with Crippen LogP contribution in [0.2, 0.25) is 0 Å². The molecule has 0 saturated heterocycles. The van der Waals surface area contributed by atoms with E-state index in [1.165, 1.54) is 12.1 Å². The Hall–Kier alpha value is -2.80. The largest absolute Gasteiger partial charge is 0.277 e. The number of nitroso groups, excluding NO2 is 1. The van der Waals surface area contributed by atoms with E-state index in [2.05, 4.69) is 5.29 Å². The maximum atomic E-state index is 12.5. The van der Waals surface area contributed by atoms with Gasteiger partial charge in [0, 0.05) is 6.26 Å². The molecule has 1 aliphatic heterocycles. The van der Waals surface area contributed by atoms with Crippen molar-refractivity contribution in [2.75, 3.05) is 12.8 Å². The summed E-state index contributed by atoms with van der Waals surface area (Å²) in [5.74, 6) is -0.457. The maximum Gasteiger partial charge on any atom is 0.277 e. The lowest BCUT2D eigenvalue weighted by Crippen LogP contribution is -2.19. The first-order valence-electron chi connectivity index (χ1n) is 7.57. The van der Waals surface area contributed by atoms with Crippen LogP contribution in [0.3, 0.4) is 0 Å².